The molecule has 0 bridgehead atoms. The molecule has 1 aliphatic carbocycles. The van der Waals surface area contributed by atoms with Crippen molar-refractivity contribution in [3.05, 3.63) is 48.3 Å². The molecule has 1 N–H and O–H groups in total. The number of benzene rings is 1. The maximum absolute atomic E-state index is 13.5. The molecule has 0 atom stereocenters. The van der Waals surface area contributed by atoms with E-state index in [1.165, 1.54) is 0 Å². The van der Waals surface area contributed by atoms with Crippen LogP contribution >= 0.6 is 0 Å². The molecule has 1 aromatic carbocycles. The van der Waals surface area contributed by atoms with Crippen LogP contribution in [0.1, 0.15) is 18.4 Å². The lowest BCUT2D eigenvalue weighted by molar-refractivity contribution is 0.198. The highest BCUT2D eigenvalue weighted by atomic mass is 16.2. The lowest BCUT2D eigenvalue weighted by Gasteiger charge is -2.36. The van der Waals surface area contributed by atoms with E-state index in [1.807, 2.05) is 67.5 Å². The van der Waals surface area contributed by atoms with Crippen molar-refractivity contribution in [2.24, 2.45) is 7.05 Å². The molecule has 9 heteroatoms. The molecular weight excluding hydrogens is 380 g/mol. The van der Waals surface area contributed by atoms with Gasteiger partial charge >= 0.3 is 6.03 Å². The number of carbonyl (C=O) groups is 1. The molecule has 5 rings (SSSR count). The van der Waals surface area contributed by atoms with Crippen molar-refractivity contribution >= 4 is 35.0 Å². The number of nitrogens with one attached hydrogen (secondary N) is 1. The van der Waals surface area contributed by atoms with E-state index in [-0.39, 0.29) is 6.03 Å². The Labute approximate surface area is 174 Å². The Morgan fingerprint density at radius 1 is 1.20 bits per heavy atom. The van der Waals surface area contributed by atoms with Crippen molar-refractivity contribution in [1.29, 1.82) is 0 Å². The molecule has 3 heterocycles. The standard InChI is InChI=1S/C21H24N8O/c1-26(2)16-5-4-6-17(11-16)29-19-14(13-28(21(29)30)15-7-8-15)12-22-20(24-19)23-18-9-10-27(3)25-18/h4-6,9-12,15H,7-8,13H2,1-3H3,(H,22,23,24,25). The fourth-order valence-corrected chi connectivity index (χ4v) is 3.64. The van der Waals surface area contributed by atoms with E-state index >= 15 is 0 Å². The number of rotatable bonds is 5. The fourth-order valence-electron chi connectivity index (χ4n) is 3.64. The van der Waals surface area contributed by atoms with Gasteiger partial charge in [0.2, 0.25) is 5.95 Å². The van der Waals surface area contributed by atoms with Crippen LogP contribution in [0, 0.1) is 0 Å². The van der Waals surface area contributed by atoms with Crippen LogP contribution in [-0.4, -0.2) is 50.8 Å². The van der Waals surface area contributed by atoms with Crippen molar-refractivity contribution in [2.75, 3.05) is 29.2 Å². The second-order valence-electron chi connectivity index (χ2n) is 7.93. The molecule has 1 fully saturated rings. The van der Waals surface area contributed by atoms with Crippen LogP contribution in [0.15, 0.2) is 42.7 Å². The van der Waals surface area contributed by atoms with Gasteiger partial charge in [-0.15, -0.1) is 0 Å². The van der Waals surface area contributed by atoms with Gasteiger partial charge < -0.3 is 15.1 Å². The summed E-state index contributed by atoms with van der Waals surface area (Å²) in [5.74, 6) is 1.68. The summed E-state index contributed by atoms with van der Waals surface area (Å²) in [5, 5.41) is 7.44. The Balaban J connectivity index is 1.57. The van der Waals surface area contributed by atoms with E-state index in [2.05, 4.69) is 15.4 Å². The zero-order valence-electron chi connectivity index (χ0n) is 17.3. The molecule has 1 saturated carbocycles. The highest BCUT2D eigenvalue weighted by molar-refractivity contribution is 6.01. The molecule has 0 saturated heterocycles. The molecule has 0 spiro atoms. The predicted octanol–water partition coefficient (Wildman–Crippen LogP) is 3.26. The lowest BCUT2D eigenvalue weighted by Crippen LogP contribution is -2.46. The van der Waals surface area contributed by atoms with E-state index < -0.39 is 0 Å². The quantitative estimate of drug-likeness (QED) is 0.703. The second-order valence-corrected chi connectivity index (χ2v) is 7.93. The predicted molar refractivity (Wildman–Crippen MR) is 115 cm³/mol. The van der Waals surface area contributed by atoms with Gasteiger partial charge in [-0.3, -0.25) is 4.68 Å². The number of hydrogen-bond donors (Lipinski definition) is 1. The molecule has 3 aromatic rings. The number of aromatic nitrogens is 4. The van der Waals surface area contributed by atoms with Gasteiger partial charge in [0.05, 0.1) is 12.2 Å². The van der Waals surface area contributed by atoms with E-state index in [0.29, 0.717) is 30.2 Å². The van der Waals surface area contributed by atoms with Gasteiger partial charge in [-0.2, -0.15) is 10.1 Å². The zero-order valence-corrected chi connectivity index (χ0v) is 17.3. The highest BCUT2D eigenvalue weighted by Crippen LogP contribution is 2.39. The van der Waals surface area contributed by atoms with Crippen LogP contribution in [-0.2, 0) is 13.6 Å². The van der Waals surface area contributed by atoms with Crippen molar-refractivity contribution in [1.82, 2.24) is 24.6 Å². The van der Waals surface area contributed by atoms with Gasteiger partial charge in [0.15, 0.2) is 11.6 Å². The molecule has 1 aliphatic heterocycles. The number of hydrogen-bond acceptors (Lipinski definition) is 6. The Hall–Kier alpha value is -3.62. The van der Waals surface area contributed by atoms with Crippen molar-refractivity contribution < 1.29 is 4.79 Å². The van der Waals surface area contributed by atoms with Crippen molar-refractivity contribution in [3.8, 4) is 0 Å². The minimum absolute atomic E-state index is 0.0385. The van der Waals surface area contributed by atoms with Crippen molar-refractivity contribution in [3.63, 3.8) is 0 Å². The molecule has 2 aliphatic rings. The Kier molecular flexibility index (Phi) is 4.30. The van der Waals surface area contributed by atoms with Crippen LogP contribution in [0.3, 0.4) is 0 Å². The molecule has 30 heavy (non-hydrogen) atoms. The third-order valence-electron chi connectivity index (χ3n) is 5.38. The first kappa shape index (κ1) is 18.4. The number of urea groups is 1. The number of carbonyl (C=O) groups excluding carboxylic acids is 1. The van der Waals surface area contributed by atoms with Crippen molar-refractivity contribution in [2.45, 2.75) is 25.4 Å². The number of amides is 2. The van der Waals surface area contributed by atoms with Gasteiger partial charge in [0, 0.05) is 56.9 Å². The monoisotopic (exact) mass is 404 g/mol. The van der Waals surface area contributed by atoms with Gasteiger partial charge in [0.1, 0.15) is 0 Å². The SMILES string of the molecule is CN(C)c1cccc(N2C(=O)N(C3CC3)Cc3cnc(Nc4ccn(C)n4)nc32)c1. The average molecular weight is 404 g/mol. The number of fused-ring (bicyclic) bond motifs is 1. The summed E-state index contributed by atoms with van der Waals surface area (Å²) in [6.07, 6.45) is 5.74. The third kappa shape index (κ3) is 3.32. The minimum atomic E-state index is -0.0385. The molecule has 9 nitrogen and oxygen atoms in total. The topological polar surface area (TPSA) is 82.4 Å². The zero-order chi connectivity index (χ0) is 20.8. The first-order valence-corrected chi connectivity index (χ1v) is 10.0. The summed E-state index contributed by atoms with van der Waals surface area (Å²) in [5.41, 5.74) is 2.75. The van der Waals surface area contributed by atoms with Gasteiger partial charge in [-0.1, -0.05) is 6.07 Å². The van der Waals surface area contributed by atoms with Crippen LogP contribution in [0.4, 0.5) is 33.8 Å². The maximum Gasteiger partial charge on any atom is 0.330 e. The van der Waals surface area contributed by atoms with E-state index in [1.54, 1.807) is 15.8 Å². The molecule has 2 aromatic heterocycles. The molecular formula is C21H24N8O. The number of aryl methyl sites for hydroxylation is 1. The average Bonchev–Trinajstić information content (AvgIpc) is 3.49. The normalized spacial score (nSPS) is 15.9. The fraction of sp³-hybridized carbons (Fsp3) is 0.333. The summed E-state index contributed by atoms with van der Waals surface area (Å²) >= 11 is 0. The largest absolute Gasteiger partial charge is 0.378 e. The smallest absolute Gasteiger partial charge is 0.330 e. The highest BCUT2D eigenvalue weighted by Gasteiger charge is 2.41. The molecule has 154 valence electrons. The van der Waals surface area contributed by atoms with Gasteiger partial charge in [0.25, 0.3) is 0 Å². The minimum Gasteiger partial charge on any atom is -0.378 e. The Bertz CT molecular complexity index is 1100. The molecule has 0 unspecified atom stereocenters. The van der Waals surface area contributed by atoms with Crippen LogP contribution in [0.5, 0.6) is 0 Å². The molecule has 2 amide bonds. The second kappa shape index (κ2) is 7.01. The van der Waals surface area contributed by atoms with E-state index in [9.17, 15) is 4.79 Å². The van der Waals surface area contributed by atoms with Crippen LogP contribution in [0.25, 0.3) is 0 Å². The van der Waals surface area contributed by atoms with Gasteiger partial charge in [-0.25, -0.2) is 14.7 Å². The lowest BCUT2D eigenvalue weighted by atomic mass is 10.1. The van der Waals surface area contributed by atoms with Gasteiger partial charge in [-0.05, 0) is 31.0 Å². The van der Waals surface area contributed by atoms with Crippen LogP contribution in [0.2, 0.25) is 0 Å². The first-order chi connectivity index (χ1) is 14.5. The van der Waals surface area contributed by atoms with E-state index in [0.717, 1.165) is 29.8 Å². The molecule has 0 radical (unpaired) electrons. The van der Waals surface area contributed by atoms with Crippen LogP contribution < -0.4 is 15.1 Å². The summed E-state index contributed by atoms with van der Waals surface area (Å²) in [6.45, 7) is 0.534. The summed E-state index contributed by atoms with van der Waals surface area (Å²) in [7, 11) is 5.82. The summed E-state index contributed by atoms with van der Waals surface area (Å²) in [4.78, 5) is 28.3. The number of anilines is 5. The number of nitrogens with zero attached hydrogens (tertiary/aromatic N) is 7. The van der Waals surface area contributed by atoms with E-state index in [4.69, 9.17) is 4.98 Å². The summed E-state index contributed by atoms with van der Waals surface area (Å²) in [6, 6.07) is 10.0. The Morgan fingerprint density at radius 3 is 2.73 bits per heavy atom. The maximum atomic E-state index is 13.5. The third-order valence-corrected chi connectivity index (χ3v) is 5.38. The summed E-state index contributed by atoms with van der Waals surface area (Å²) < 4.78 is 1.71. The Morgan fingerprint density at radius 2 is 2.03 bits per heavy atom. The first-order valence-electron chi connectivity index (χ1n) is 10.0.